The minimum absolute atomic E-state index is 0.0128. The number of carbonyl (C=O) groups is 5. The van der Waals surface area contributed by atoms with Gasteiger partial charge in [-0.3, -0.25) is 19.3 Å². The SMILES string of the molecule is Cc1cc(S(=O)(=O)NC(=O)[C@@]23C[C@@H]2CCCCCCC[C@H](NC(=O)OC(C)(C)C)C(=O)N2C[C@H](OC(=O)N4Cc5cccc(F)c5C4)C[C@H]2C(=O)N3)oc1C. The molecule has 3 N–H and O–H groups in total. The van der Waals surface area contributed by atoms with Crippen molar-refractivity contribution in [2.24, 2.45) is 5.92 Å². The third-order valence-corrected chi connectivity index (χ3v) is 12.0. The van der Waals surface area contributed by atoms with E-state index in [1.807, 2.05) is 0 Å². The lowest BCUT2D eigenvalue weighted by Crippen LogP contribution is -2.58. The monoisotopic (exact) mass is 787 g/mol. The number of alkyl carbamates (subject to hydrolysis) is 1. The van der Waals surface area contributed by atoms with Crippen LogP contribution in [0.2, 0.25) is 0 Å². The average Bonchev–Trinajstić information content (AvgIpc) is 3.39. The third-order valence-electron chi connectivity index (χ3n) is 10.8. The summed E-state index contributed by atoms with van der Waals surface area (Å²) < 4.78 is 59.8. The molecule has 300 valence electrons. The van der Waals surface area contributed by atoms with Crippen LogP contribution in [0, 0.1) is 25.6 Å². The van der Waals surface area contributed by atoms with Crippen LogP contribution in [0.25, 0.3) is 0 Å². The van der Waals surface area contributed by atoms with Crippen LogP contribution in [0.5, 0.6) is 0 Å². The standard InChI is InChI=1S/C38H50FN5O10S/c1-22-16-31(52-23(22)2)55(50,51)42-34(47)38-18-25(38)13-9-7-6-8-10-15-29(40-35(48)54-37(3,4)5)33(46)44-20-26(17-30(44)32(45)41-38)53-36(49)43-19-24-12-11-14-28(39)27(24)21-43/h11-12,14,16,25-26,29-30H,6-10,13,15,17-21H2,1-5H3,(H,40,48)(H,41,45)(H,42,47)/t25-,26+,29-,30-,38+/m0/s1. The number of rotatable bonds is 5. The molecule has 1 aromatic heterocycles. The number of sulfonamides is 1. The highest BCUT2D eigenvalue weighted by molar-refractivity contribution is 7.89. The van der Waals surface area contributed by atoms with E-state index in [0.717, 1.165) is 25.7 Å². The summed E-state index contributed by atoms with van der Waals surface area (Å²) in [6.07, 6.45) is 1.93. The number of carbonyl (C=O) groups excluding carboxylic acids is 5. The zero-order valence-corrected chi connectivity index (χ0v) is 32.7. The molecule has 1 saturated carbocycles. The van der Waals surface area contributed by atoms with Gasteiger partial charge in [0.25, 0.3) is 15.9 Å². The summed E-state index contributed by atoms with van der Waals surface area (Å²) >= 11 is 0. The van der Waals surface area contributed by atoms with Crippen molar-refractivity contribution in [3.63, 3.8) is 0 Å². The number of halogens is 1. The molecule has 5 atom stereocenters. The predicted molar refractivity (Wildman–Crippen MR) is 194 cm³/mol. The van der Waals surface area contributed by atoms with Gasteiger partial charge in [0.15, 0.2) is 0 Å². The van der Waals surface area contributed by atoms with Gasteiger partial charge >= 0.3 is 12.2 Å². The van der Waals surface area contributed by atoms with E-state index in [4.69, 9.17) is 13.9 Å². The number of nitrogens with zero attached hydrogens (tertiary/aromatic N) is 2. The van der Waals surface area contributed by atoms with Crippen LogP contribution < -0.4 is 15.4 Å². The van der Waals surface area contributed by atoms with Crippen LogP contribution in [-0.2, 0) is 47.0 Å². The molecule has 0 spiro atoms. The van der Waals surface area contributed by atoms with E-state index < -0.39 is 80.2 Å². The first kappa shape index (κ1) is 40.0. The summed E-state index contributed by atoms with van der Waals surface area (Å²) in [6, 6.07) is 3.56. The first-order chi connectivity index (χ1) is 25.9. The van der Waals surface area contributed by atoms with E-state index in [-0.39, 0.29) is 44.8 Å². The summed E-state index contributed by atoms with van der Waals surface area (Å²) in [5, 5.41) is 5.05. The molecule has 2 saturated heterocycles. The molecule has 2 aromatic rings. The molecule has 0 bridgehead atoms. The molecule has 1 aromatic carbocycles. The van der Waals surface area contributed by atoms with E-state index in [2.05, 4.69) is 15.4 Å². The zero-order valence-electron chi connectivity index (χ0n) is 31.9. The van der Waals surface area contributed by atoms with Gasteiger partial charge in [-0.2, -0.15) is 8.42 Å². The van der Waals surface area contributed by atoms with Gasteiger partial charge in [-0.15, -0.1) is 0 Å². The van der Waals surface area contributed by atoms with Crippen molar-refractivity contribution >= 4 is 39.9 Å². The van der Waals surface area contributed by atoms with E-state index in [0.29, 0.717) is 35.3 Å². The number of amides is 5. The Labute approximate surface area is 320 Å². The van der Waals surface area contributed by atoms with E-state index in [9.17, 15) is 36.8 Å². The average molecular weight is 788 g/mol. The lowest BCUT2D eigenvalue weighted by Gasteiger charge is -2.30. The fourth-order valence-electron chi connectivity index (χ4n) is 7.68. The topological polar surface area (TPSA) is 194 Å². The molecule has 6 rings (SSSR count). The summed E-state index contributed by atoms with van der Waals surface area (Å²) in [6.45, 7) is 8.24. The van der Waals surface area contributed by atoms with Crippen molar-refractivity contribution in [3.8, 4) is 0 Å². The third kappa shape index (κ3) is 8.92. The second-order valence-corrected chi connectivity index (χ2v) is 17.7. The van der Waals surface area contributed by atoms with Crippen molar-refractivity contribution in [1.29, 1.82) is 0 Å². The fourth-order valence-corrected chi connectivity index (χ4v) is 8.78. The van der Waals surface area contributed by atoms with Crippen molar-refractivity contribution in [2.75, 3.05) is 6.54 Å². The maximum Gasteiger partial charge on any atom is 0.410 e. The molecule has 17 heteroatoms. The van der Waals surface area contributed by atoms with Crippen LogP contribution in [-0.4, -0.2) is 84.0 Å². The molecule has 15 nitrogen and oxygen atoms in total. The number of nitrogens with one attached hydrogen (secondary N) is 3. The Morgan fingerprint density at radius 3 is 2.42 bits per heavy atom. The number of aryl methyl sites for hydroxylation is 2. The second kappa shape index (κ2) is 15.5. The Bertz CT molecular complexity index is 1940. The number of furan rings is 1. The Hall–Kier alpha value is -4.67. The Morgan fingerprint density at radius 2 is 1.75 bits per heavy atom. The van der Waals surface area contributed by atoms with Gasteiger partial charge in [0, 0.05) is 24.6 Å². The largest absolute Gasteiger partial charge is 0.448 e. The zero-order chi connectivity index (χ0) is 39.9. The van der Waals surface area contributed by atoms with Gasteiger partial charge in [0.1, 0.15) is 40.9 Å². The summed E-state index contributed by atoms with van der Waals surface area (Å²) in [5.41, 5.74) is -0.836. The first-order valence-electron chi connectivity index (χ1n) is 18.8. The summed E-state index contributed by atoms with van der Waals surface area (Å²) in [5.74, 6) is -2.72. The molecule has 3 aliphatic heterocycles. The molecular formula is C38H50FN5O10S. The van der Waals surface area contributed by atoms with Crippen molar-refractivity contribution in [1.82, 2.24) is 25.2 Å². The molecule has 0 radical (unpaired) electrons. The smallest absolute Gasteiger partial charge is 0.410 e. The van der Waals surface area contributed by atoms with Gasteiger partial charge < -0.3 is 29.4 Å². The Balaban J connectivity index is 1.26. The van der Waals surface area contributed by atoms with Crippen molar-refractivity contribution in [2.45, 2.75) is 140 Å². The molecule has 4 heterocycles. The Morgan fingerprint density at radius 1 is 1.04 bits per heavy atom. The van der Waals surface area contributed by atoms with Gasteiger partial charge in [0.05, 0.1) is 13.1 Å². The lowest BCUT2D eigenvalue weighted by molar-refractivity contribution is -0.141. The number of fused-ring (bicyclic) bond motifs is 3. The maximum atomic E-state index is 14.5. The molecule has 4 aliphatic rings. The van der Waals surface area contributed by atoms with Gasteiger partial charge in [-0.1, -0.05) is 44.2 Å². The fraction of sp³-hybridized carbons (Fsp3) is 0.605. The Kier molecular flexibility index (Phi) is 11.2. The van der Waals surface area contributed by atoms with Crippen LogP contribution in [0.4, 0.5) is 14.0 Å². The van der Waals surface area contributed by atoms with Crippen LogP contribution in [0.1, 0.15) is 101 Å². The molecule has 5 amide bonds. The maximum absolute atomic E-state index is 14.5. The molecular weight excluding hydrogens is 738 g/mol. The molecule has 55 heavy (non-hydrogen) atoms. The lowest BCUT2D eigenvalue weighted by atomic mass is 10.0. The number of ether oxygens (including phenoxy) is 2. The predicted octanol–water partition coefficient (Wildman–Crippen LogP) is 4.47. The molecule has 1 aliphatic carbocycles. The summed E-state index contributed by atoms with van der Waals surface area (Å²) in [4.78, 5) is 71.5. The van der Waals surface area contributed by atoms with Gasteiger partial charge in [-0.05, 0) is 77.0 Å². The van der Waals surface area contributed by atoms with Crippen LogP contribution in [0.3, 0.4) is 0 Å². The molecule has 0 unspecified atom stereocenters. The number of hydrogen-bond acceptors (Lipinski definition) is 10. The van der Waals surface area contributed by atoms with Crippen molar-refractivity contribution in [3.05, 3.63) is 52.5 Å². The summed E-state index contributed by atoms with van der Waals surface area (Å²) in [7, 11) is -4.44. The number of hydrogen-bond donors (Lipinski definition) is 3. The van der Waals surface area contributed by atoms with Crippen LogP contribution in [0.15, 0.2) is 33.8 Å². The quantitative estimate of drug-likeness (QED) is 0.389. The highest BCUT2D eigenvalue weighted by Gasteiger charge is 2.62. The second-order valence-electron chi connectivity index (χ2n) is 16.1. The van der Waals surface area contributed by atoms with Crippen LogP contribution >= 0.6 is 0 Å². The normalized spacial score (nSPS) is 26.1. The minimum atomic E-state index is -4.44. The minimum Gasteiger partial charge on any atom is -0.448 e. The number of benzene rings is 1. The van der Waals surface area contributed by atoms with Crippen molar-refractivity contribution < 1.29 is 50.7 Å². The first-order valence-corrected chi connectivity index (χ1v) is 20.3. The van der Waals surface area contributed by atoms with E-state index >= 15 is 0 Å². The van der Waals surface area contributed by atoms with E-state index in [1.165, 1.54) is 21.9 Å². The highest BCUT2D eigenvalue weighted by atomic mass is 32.2. The highest BCUT2D eigenvalue weighted by Crippen LogP contribution is 2.48. The van der Waals surface area contributed by atoms with E-state index in [1.54, 1.807) is 46.8 Å². The molecule has 3 fully saturated rings. The van der Waals surface area contributed by atoms with Gasteiger partial charge in [-0.25, -0.2) is 18.7 Å². The van der Waals surface area contributed by atoms with Gasteiger partial charge in [0.2, 0.25) is 16.9 Å².